The van der Waals surface area contributed by atoms with Crippen LogP contribution in [0.5, 0.6) is 0 Å². The zero-order valence-corrected chi connectivity index (χ0v) is 14.4. The first-order valence-electron chi connectivity index (χ1n) is 7.56. The maximum atomic E-state index is 14.3. The Bertz CT molecular complexity index is 701. The van der Waals surface area contributed by atoms with E-state index in [-0.39, 0.29) is 30.8 Å². The monoisotopic (exact) mass is 343 g/mol. The predicted octanol–water partition coefficient (Wildman–Crippen LogP) is 2.61. The van der Waals surface area contributed by atoms with Crippen LogP contribution >= 0.6 is 0 Å². The molecule has 1 heterocycles. The van der Waals surface area contributed by atoms with E-state index in [1.807, 2.05) is 20.8 Å². The summed E-state index contributed by atoms with van der Waals surface area (Å²) in [6.07, 6.45) is 0.550. The Morgan fingerprint density at radius 3 is 2.26 bits per heavy atom. The maximum Gasteiger partial charge on any atom is 0.306 e. The molecule has 1 fully saturated rings. The fraction of sp³-hybridized carbons (Fsp3) is 0.562. The summed E-state index contributed by atoms with van der Waals surface area (Å²) in [5.41, 5.74) is 0.0488. The normalized spacial score (nSPS) is 18.1. The number of halogens is 1. The van der Waals surface area contributed by atoms with Crippen LogP contribution in [0.15, 0.2) is 23.1 Å². The minimum absolute atomic E-state index is 0.0863. The lowest BCUT2D eigenvalue weighted by atomic mass is 9.87. The molecular weight excluding hydrogens is 321 g/mol. The van der Waals surface area contributed by atoms with Crippen molar-refractivity contribution in [2.45, 2.75) is 43.9 Å². The van der Waals surface area contributed by atoms with Gasteiger partial charge in [0.15, 0.2) is 0 Å². The van der Waals surface area contributed by atoms with E-state index < -0.39 is 33.1 Å². The van der Waals surface area contributed by atoms with Crippen molar-refractivity contribution in [1.82, 2.24) is 4.31 Å². The number of hydrogen-bond donors (Lipinski definition) is 1. The minimum atomic E-state index is -3.80. The Morgan fingerprint density at radius 2 is 1.83 bits per heavy atom. The van der Waals surface area contributed by atoms with Crippen molar-refractivity contribution in [3.05, 3.63) is 29.6 Å². The molecular formula is C16H22FNO4S. The Balaban J connectivity index is 2.24. The van der Waals surface area contributed by atoms with Crippen LogP contribution in [0, 0.1) is 11.7 Å². The maximum absolute atomic E-state index is 14.3. The molecule has 0 bridgehead atoms. The average Bonchev–Trinajstić information content (AvgIpc) is 2.45. The fourth-order valence-corrected chi connectivity index (χ4v) is 4.24. The quantitative estimate of drug-likeness (QED) is 0.915. The molecule has 5 nitrogen and oxygen atoms in total. The smallest absolute Gasteiger partial charge is 0.306 e. The molecule has 0 amide bonds. The number of hydrogen-bond acceptors (Lipinski definition) is 3. The number of carboxylic acids is 1. The number of piperidine rings is 1. The molecule has 7 heteroatoms. The van der Waals surface area contributed by atoms with Gasteiger partial charge in [-0.2, -0.15) is 4.31 Å². The first kappa shape index (κ1) is 17.9. The Morgan fingerprint density at radius 1 is 1.26 bits per heavy atom. The number of carboxylic acid groups (broad SMARTS) is 1. The van der Waals surface area contributed by atoms with Crippen LogP contribution in [0.25, 0.3) is 0 Å². The largest absolute Gasteiger partial charge is 0.481 e. The van der Waals surface area contributed by atoms with Gasteiger partial charge in [-0.25, -0.2) is 12.8 Å². The van der Waals surface area contributed by atoms with Gasteiger partial charge < -0.3 is 5.11 Å². The highest BCUT2D eigenvalue weighted by molar-refractivity contribution is 7.89. The second-order valence-corrected chi connectivity index (χ2v) is 8.85. The summed E-state index contributed by atoms with van der Waals surface area (Å²) in [5, 5.41) is 8.97. The number of sulfonamides is 1. The van der Waals surface area contributed by atoms with Gasteiger partial charge >= 0.3 is 5.97 Å². The molecule has 1 aliphatic rings. The number of rotatable bonds is 3. The van der Waals surface area contributed by atoms with E-state index >= 15 is 0 Å². The van der Waals surface area contributed by atoms with Gasteiger partial charge in [-0.3, -0.25) is 4.79 Å². The van der Waals surface area contributed by atoms with E-state index in [9.17, 15) is 17.6 Å². The highest BCUT2D eigenvalue weighted by atomic mass is 32.2. The van der Waals surface area contributed by atoms with Gasteiger partial charge in [0.05, 0.1) is 10.8 Å². The number of carbonyl (C=O) groups is 1. The van der Waals surface area contributed by atoms with Crippen molar-refractivity contribution < 1.29 is 22.7 Å². The van der Waals surface area contributed by atoms with Crippen molar-refractivity contribution in [2.24, 2.45) is 5.92 Å². The van der Waals surface area contributed by atoms with Gasteiger partial charge in [-0.1, -0.05) is 26.8 Å². The van der Waals surface area contributed by atoms with Gasteiger partial charge in [0.2, 0.25) is 10.0 Å². The highest BCUT2D eigenvalue weighted by Crippen LogP contribution is 2.29. The first-order chi connectivity index (χ1) is 10.5. The molecule has 1 aliphatic heterocycles. The summed E-state index contributed by atoms with van der Waals surface area (Å²) in [4.78, 5) is 10.9. The van der Waals surface area contributed by atoms with Gasteiger partial charge in [0.25, 0.3) is 0 Å². The van der Waals surface area contributed by atoms with Gasteiger partial charge in [-0.15, -0.1) is 0 Å². The lowest BCUT2D eigenvalue weighted by molar-refractivity contribution is -0.142. The van der Waals surface area contributed by atoms with Crippen LogP contribution in [0.3, 0.4) is 0 Å². The molecule has 23 heavy (non-hydrogen) atoms. The third-order valence-electron chi connectivity index (χ3n) is 4.19. The molecule has 0 unspecified atom stereocenters. The molecule has 0 aliphatic carbocycles. The van der Waals surface area contributed by atoms with Crippen molar-refractivity contribution in [3.63, 3.8) is 0 Å². The molecule has 1 aromatic carbocycles. The zero-order chi connectivity index (χ0) is 17.4. The lowest BCUT2D eigenvalue weighted by Gasteiger charge is -2.29. The first-order valence-corrected chi connectivity index (χ1v) is 9.00. The number of nitrogens with zero attached hydrogens (tertiary/aromatic N) is 1. The van der Waals surface area contributed by atoms with Gasteiger partial charge in [0.1, 0.15) is 5.82 Å². The molecule has 1 N–H and O–H groups in total. The zero-order valence-electron chi connectivity index (χ0n) is 13.5. The van der Waals surface area contributed by atoms with Crippen LogP contribution in [0.2, 0.25) is 0 Å². The van der Waals surface area contributed by atoms with Crippen LogP contribution in [-0.2, 0) is 20.2 Å². The standard InChI is InChI=1S/C16H22FNO4S/c1-16(2,3)13-5-4-12(10-14(13)17)23(21,22)18-8-6-11(7-9-18)15(19)20/h4-5,10-11H,6-9H2,1-3H3,(H,19,20). The van der Waals surface area contributed by atoms with E-state index in [0.29, 0.717) is 5.56 Å². The summed E-state index contributed by atoms with van der Waals surface area (Å²) >= 11 is 0. The SMILES string of the molecule is CC(C)(C)c1ccc(S(=O)(=O)N2CCC(C(=O)O)CC2)cc1F. The predicted molar refractivity (Wildman–Crippen MR) is 84.2 cm³/mol. The van der Waals surface area contributed by atoms with Crippen LogP contribution in [-0.4, -0.2) is 36.9 Å². The number of aliphatic carboxylic acids is 1. The summed E-state index contributed by atoms with van der Waals surface area (Å²) < 4.78 is 40.7. The molecule has 0 radical (unpaired) electrons. The van der Waals surface area contributed by atoms with Crippen molar-refractivity contribution in [3.8, 4) is 0 Å². The second kappa shape index (κ2) is 6.20. The molecule has 128 valence electrons. The Kier molecular flexibility index (Phi) is 4.82. The van der Waals surface area contributed by atoms with E-state index in [1.54, 1.807) is 0 Å². The van der Waals surface area contributed by atoms with Crippen LogP contribution < -0.4 is 0 Å². The van der Waals surface area contributed by atoms with E-state index in [4.69, 9.17) is 5.11 Å². The molecule has 2 rings (SSSR count). The molecule has 0 atom stereocenters. The summed E-state index contributed by atoms with van der Waals surface area (Å²) in [5.74, 6) is -1.96. The molecule has 1 saturated heterocycles. The van der Waals surface area contributed by atoms with Crippen molar-refractivity contribution >= 4 is 16.0 Å². The summed E-state index contributed by atoms with van der Waals surface area (Å²) in [6, 6.07) is 3.98. The minimum Gasteiger partial charge on any atom is -0.481 e. The third-order valence-corrected chi connectivity index (χ3v) is 6.08. The summed E-state index contributed by atoms with van der Waals surface area (Å²) in [7, 11) is -3.80. The van der Waals surface area contributed by atoms with E-state index in [0.717, 1.165) is 6.07 Å². The molecule has 0 spiro atoms. The van der Waals surface area contributed by atoms with Gasteiger partial charge in [0, 0.05) is 13.1 Å². The second-order valence-electron chi connectivity index (χ2n) is 6.91. The molecule has 0 aromatic heterocycles. The lowest BCUT2D eigenvalue weighted by Crippen LogP contribution is -2.40. The average molecular weight is 343 g/mol. The Hall–Kier alpha value is -1.47. The summed E-state index contributed by atoms with van der Waals surface area (Å²) in [6.45, 7) is 5.85. The van der Waals surface area contributed by atoms with Crippen LogP contribution in [0.4, 0.5) is 4.39 Å². The van der Waals surface area contributed by atoms with Gasteiger partial charge in [-0.05, 0) is 36.0 Å². The number of benzene rings is 1. The highest BCUT2D eigenvalue weighted by Gasteiger charge is 2.32. The fourth-order valence-electron chi connectivity index (χ4n) is 2.76. The van der Waals surface area contributed by atoms with Crippen LogP contribution in [0.1, 0.15) is 39.2 Å². The third kappa shape index (κ3) is 3.72. The topological polar surface area (TPSA) is 74.7 Å². The van der Waals surface area contributed by atoms with Crippen molar-refractivity contribution in [2.75, 3.05) is 13.1 Å². The van der Waals surface area contributed by atoms with Crippen molar-refractivity contribution in [1.29, 1.82) is 0 Å². The van der Waals surface area contributed by atoms with E-state index in [2.05, 4.69) is 0 Å². The Labute approximate surface area is 136 Å². The molecule has 0 saturated carbocycles. The van der Waals surface area contributed by atoms with E-state index in [1.165, 1.54) is 16.4 Å². The molecule has 1 aromatic rings.